The molecule has 2 aliphatic rings. The summed E-state index contributed by atoms with van der Waals surface area (Å²) in [6, 6.07) is 19.5. The number of fused-ring (bicyclic) bond motifs is 1. The Morgan fingerprint density at radius 1 is 1.07 bits per heavy atom. The SMILES string of the molecule is Cc1cc(C2C(c3ccccn3)N=C3SC(C)CN32)c(C)n1Cc1ccccc1. The van der Waals surface area contributed by atoms with Crippen LogP contribution in [0.5, 0.6) is 0 Å². The molecule has 0 radical (unpaired) electrons. The molecule has 2 aliphatic heterocycles. The van der Waals surface area contributed by atoms with Crippen molar-refractivity contribution in [1.82, 2.24) is 14.5 Å². The molecule has 3 aromatic rings. The van der Waals surface area contributed by atoms with Crippen molar-refractivity contribution in [1.29, 1.82) is 0 Å². The van der Waals surface area contributed by atoms with Crippen LogP contribution in [0.2, 0.25) is 0 Å². The number of nitrogens with zero attached hydrogens (tertiary/aromatic N) is 4. The second-order valence-electron chi connectivity index (χ2n) is 8.03. The van der Waals surface area contributed by atoms with E-state index in [9.17, 15) is 0 Å². The predicted octanol–water partition coefficient (Wildman–Crippen LogP) is 5.14. The lowest BCUT2D eigenvalue weighted by atomic mass is 9.96. The average Bonchev–Trinajstić information content (AvgIpc) is 3.35. The molecule has 1 fully saturated rings. The van der Waals surface area contributed by atoms with Crippen LogP contribution >= 0.6 is 11.8 Å². The van der Waals surface area contributed by atoms with Crippen LogP contribution in [0.4, 0.5) is 0 Å². The van der Waals surface area contributed by atoms with Crippen LogP contribution in [0, 0.1) is 13.8 Å². The van der Waals surface area contributed by atoms with Gasteiger partial charge >= 0.3 is 0 Å². The highest BCUT2D eigenvalue weighted by Gasteiger charge is 2.44. The van der Waals surface area contributed by atoms with Gasteiger partial charge in [-0.2, -0.15) is 0 Å². The van der Waals surface area contributed by atoms with E-state index in [1.807, 2.05) is 24.0 Å². The van der Waals surface area contributed by atoms with E-state index < -0.39 is 0 Å². The zero-order valence-corrected chi connectivity index (χ0v) is 17.9. The Hall–Kier alpha value is -2.53. The fourth-order valence-electron chi connectivity index (χ4n) is 4.59. The summed E-state index contributed by atoms with van der Waals surface area (Å²) in [4.78, 5) is 12.3. The fourth-order valence-corrected chi connectivity index (χ4v) is 5.68. The molecule has 29 heavy (non-hydrogen) atoms. The Labute approximate surface area is 176 Å². The van der Waals surface area contributed by atoms with Crippen molar-refractivity contribution >= 4 is 16.9 Å². The third kappa shape index (κ3) is 3.27. The summed E-state index contributed by atoms with van der Waals surface area (Å²) in [5.41, 5.74) is 6.40. The minimum atomic E-state index is 0.0527. The third-order valence-corrected chi connectivity index (χ3v) is 7.10. The van der Waals surface area contributed by atoms with Crippen LogP contribution in [-0.2, 0) is 6.54 Å². The summed E-state index contributed by atoms with van der Waals surface area (Å²) in [7, 11) is 0. The molecule has 0 spiro atoms. The summed E-state index contributed by atoms with van der Waals surface area (Å²) in [5, 5.41) is 1.75. The Morgan fingerprint density at radius 2 is 1.86 bits per heavy atom. The third-order valence-electron chi connectivity index (χ3n) is 6.00. The summed E-state index contributed by atoms with van der Waals surface area (Å²) in [5.74, 6) is 0. The van der Waals surface area contributed by atoms with E-state index in [1.165, 1.54) is 27.7 Å². The lowest BCUT2D eigenvalue weighted by molar-refractivity contribution is 0.320. The molecule has 0 saturated carbocycles. The molecule has 0 amide bonds. The first kappa shape index (κ1) is 18.5. The molecule has 0 bridgehead atoms. The van der Waals surface area contributed by atoms with Crippen LogP contribution in [0.1, 0.15) is 47.2 Å². The predicted molar refractivity (Wildman–Crippen MR) is 120 cm³/mol. The van der Waals surface area contributed by atoms with Gasteiger partial charge in [-0.05, 0) is 43.2 Å². The number of rotatable bonds is 4. The molecule has 3 atom stereocenters. The van der Waals surface area contributed by atoms with Gasteiger partial charge in [0.05, 0.1) is 11.7 Å². The number of aromatic nitrogens is 2. The first-order valence-corrected chi connectivity index (χ1v) is 11.1. The van der Waals surface area contributed by atoms with Crippen molar-refractivity contribution < 1.29 is 0 Å². The molecule has 5 rings (SSSR count). The molecule has 1 aromatic carbocycles. The number of pyridine rings is 1. The lowest BCUT2D eigenvalue weighted by Gasteiger charge is -2.27. The van der Waals surface area contributed by atoms with Gasteiger partial charge in [0.25, 0.3) is 0 Å². The number of hydrogen-bond acceptors (Lipinski definition) is 4. The molecule has 5 heteroatoms. The zero-order valence-electron chi connectivity index (χ0n) is 17.1. The summed E-state index contributed by atoms with van der Waals surface area (Å²) in [6.45, 7) is 8.70. The molecule has 0 N–H and O–H groups in total. The summed E-state index contributed by atoms with van der Waals surface area (Å²) < 4.78 is 2.44. The largest absolute Gasteiger partial charge is 0.344 e. The molecule has 2 aromatic heterocycles. The van der Waals surface area contributed by atoms with Crippen LogP contribution in [-0.4, -0.2) is 31.4 Å². The number of aliphatic imine (C=N–C) groups is 1. The monoisotopic (exact) mass is 402 g/mol. The van der Waals surface area contributed by atoms with E-state index in [-0.39, 0.29) is 12.1 Å². The van der Waals surface area contributed by atoms with E-state index in [0.717, 1.165) is 18.8 Å². The molecule has 0 aliphatic carbocycles. The van der Waals surface area contributed by atoms with Crippen molar-refractivity contribution in [2.75, 3.05) is 6.54 Å². The van der Waals surface area contributed by atoms with Crippen LogP contribution < -0.4 is 0 Å². The molecule has 4 heterocycles. The maximum atomic E-state index is 5.13. The Balaban J connectivity index is 1.55. The normalized spacial score (nSPS) is 23.3. The van der Waals surface area contributed by atoms with E-state index in [4.69, 9.17) is 4.99 Å². The fraction of sp³-hybridized carbons (Fsp3) is 0.333. The quantitative estimate of drug-likeness (QED) is 0.606. The molecule has 3 unspecified atom stereocenters. The highest BCUT2D eigenvalue weighted by Crippen LogP contribution is 2.48. The minimum Gasteiger partial charge on any atom is -0.344 e. The van der Waals surface area contributed by atoms with Gasteiger partial charge in [-0.3, -0.25) is 9.98 Å². The van der Waals surface area contributed by atoms with Crippen molar-refractivity contribution in [2.45, 2.75) is 44.6 Å². The topological polar surface area (TPSA) is 33.4 Å². The number of thioether (sulfide) groups is 1. The smallest absolute Gasteiger partial charge is 0.160 e. The highest BCUT2D eigenvalue weighted by atomic mass is 32.2. The molecule has 148 valence electrons. The standard InChI is InChI=1S/C24H26N4S/c1-16-13-20(18(3)27(16)15-19-9-5-4-6-10-19)23-22(21-11-7-8-12-25-21)26-24-28(23)14-17(2)29-24/h4-13,17,22-23H,14-15H2,1-3H3. The maximum Gasteiger partial charge on any atom is 0.160 e. The molecule has 1 saturated heterocycles. The Kier molecular flexibility index (Phi) is 4.70. The second-order valence-corrected chi connectivity index (χ2v) is 9.44. The molecular formula is C24H26N4S. The number of hydrogen-bond donors (Lipinski definition) is 0. The second kappa shape index (κ2) is 7.38. The number of amidine groups is 1. The van der Waals surface area contributed by atoms with Gasteiger partial charge in [-0.15, -0.1) is 0 Å². The van der Waals surface area contributed by atoms with E-state index in [2.05, 4.69) is 83.8 Å². The number of aryl methyl sites for hydroxylation is 1. The van der Waals surface area contributed by atoms with Gasteiger partial charge in [-0.1, -0.05) is 55.1 Å². The Bertz CT molecular complexity index is 1040. The van der Waals surface area contributed by atoms with E-state index in [1.54, 1.807) is 0 Å². The first-order chi connectivity index (χ1) is 14.1. The van der Waals surface area contributed by atoms with Crippen LogP contribution in [0.25, 0.3) is 0 Å². The van der Waals surface area contributed by atoms with E-state index >= 15 is 0 Å². The van der Waals surface area contributed by atoms with Crippen molar-refractivity contribution in [3.05, 3.63) is 89.0 Å². The van der Waals surface area contributed by atoms with Gasteiger partial charge in [0.1, 0.15) is 6.04 Å². The maximum absolute atomic E-state index is 5.13. The average molecular weight is 403 g/mol. The lowest BCUT2D eigenvalue weighted by Crippen LogP contribution is -2.29. The van der Waals surface area contributed by atoms with Gasteiger partial charge in [0.2, 0.25) is 0 Å². The summed E-state index contributed by atoms with van der Waals surface area (Å²) >= 11 is 1.89. The van der Waals surface area contributed by atoms with Gasteiger partial charge in [-0.25, -0.2) is 0 Å². The van der Waals surface area contributed by atoms with Gasteiger partial charge in [0, 0.05) is 35.9 Å². The first-order valence-electron chi connectivity index (χ1n) is 10.2. The minimum absolute atomic E-state index is 0.0527. The summed E-state index contributed by atoms with van der Waals surface area (Å²) in [6.07, 6.45) is 1.88. The highest BCUT2D eigenvalue weighted by molar-refractivity contribution is 8.14. The van der Waals surface area contributed by atoms with Crippen molar-refractivity contribution in [2.24, 2.45) is 4.99 Å². The zero-order chi connectivity index (χ0) is 20.0. The van der Waals surface area contributed by atoms with Gasteiger partial charge in [0.15, 0.2) is 5.17 Å². The van der Waals surface area contributed by atoms with Crippen molar-refractivity contribution in [3.63, 3.8) is 0 Å². The molecular weight excluding hydrogens is 376 g/mol. The number of benzene rings is 1. The van der Waals surface area contributed by atoms with E-state index in [0.29, 0.717) is 5.25 Å². The van der Waals surface area contributed by atoms with Gasteiger partial charge < -0.3 is 9.47 Å². The van der Waals surface area contributed by atoms with Crippen LogP contribution in [0.3, 0.4) is 0 Å². The van der Waals surface area contributed by atoms with Crippen molar-refractivity contribution in [3.8, 4) is 0 Å². The Morgan fingerprint density at radius 3 is 2.62 bits per heavy atom. The van der Waals surface area contributed by atoms with Crippen LogP contribution in [0.15, 0.2) is 65.8 Å². The molecule has 4 nitrogen and oxygen atoms in total.